The molecule has 1 rings (SSSR count). The summed E-state index contributed by atoms with van der Waals surface area (Å²) < 4.78 is 12.6. The predicted octanol–water partition coefficient (Wildman–Crippen LogP) is 1.13. The second-order valence-electron chi connectivity index (χ2n) is 2.72. The molecule has 0 aliphatic carbocycles. The van der Waals surface area contributed by atoms with Crippen molar-refractivity contribution in [1.82, 2.24) is 4.90 Å². The molecule has 0 saturated carbocycles. The van der Waals surface area contributed by atoms with Crippen molar-refractivity contribution >= 4 is 5.91 Å². The summed E-state index contributed by atoms with van der Waals surface area (Å²) in [5.41, 5.74) is 0. The normalized spacial score (nSPS) is 23.7. The highest BCUT2D eigenvalue weighted by Crippen LogP contribution is 2.12. The first kappa shape index (κ1) is 8.24. The van der Waals surface area contributed by atoms with E-state index in [-0.39, 0.29) is 12.5 Å². The minimum atomic E-state index is -0.816. The van der Waals surface area contributed by atoms with Gasteiger partial charge in [0.05, 0.1) is 6.54 Å². The lowest BCUT2D eigenvalue weighted by Gasteiger charge is -2.13. The van der Waals surface area contributed by atoms with Crippen LogP contribution in [-0.4, -0.2) is 30.1 Å². The molecule has 1 heterocycles. The van der Waals surface area contributed by atoms with E-state index in [1.807, 2.05) is 0 Å². The molecule has 62 valence electrons. The van der Waals surface area contributed by atoms with Gasteiger partial charge in [0.15, 0.2) is 0 Å². The molecule has 0 aromatic carbocycles. The molecule has 0 bridgehead atoms. The molecular weight excluding hydrogens is 145 g/mol. The van der Waals surface area contributed by atoms with Crippen molar-refractivity contribution in [1.29, 1.82) is 0 Å². The zero-order valence-electron chi connectivity index (χ0n) is 6.42. The lowest BCUT2D eigenvalue weighted by atomic mass is 10.3. The summed E-state index contributed by atoms with van der Waals surface area (Å²) in [6.07, 6.45) is 1.55. The molecular formula is C8H12FNO. The van der Waals surface area contributed by atoms with Crippen molar-refractivity contribution < 1.29 is 9.18 Å². The van der Waals surface area contributed by atoms with Crippen LogP contribution in [0.2, 0.25) is 0 Å². The number of amides is 1. The Hall–Kier alpha value is -0.860. The average molecular weight is 157 g/mol. The number of carbonyl (C=O) groups is 1. The summed E-state index contributed by atoms with van der Waals surface area (Å²) >= 11 is 0. The van der Waals surface area contributed by atoms with Crippen LogP contribution in [0.3, 0.4) is 0 Å². The predicted molar refractivity (Wildman–Crippen MR) is 40.9 cm³/mol. The molecule has 1 fully saturated rings. The van der Waals surface area contributed by atoms with E-state index < -0.39 is 6.17 Å². The molecule has 0 aromatic rings. The Morgan fingerprint density at radius 1 is 1.82 bits per heavy atom. The Labute approximate surface area is 65.7 Å². The SMILES string of the molecule is C=CCC(=O)N1CCC(F)C1. The van der Waals surface area contributed by atoms with Gasteiger partial charge in [0, 0.05) is 13.0 Å². The third kappa shape index (κ3) is 2.03. The van der Waals surface area contributed by atoms with Gasteiger partial charge in [0.2, 0.25) is 5.91 Å². The van der Waals surface area contributed by atoms with Crippen molar-refractivity contribution in [3.05, 3.63) is 12.7 Å². The summed E-state index contributed by atoms with van der Waals surface area (Å²) in [5, 5.41) is 0. The van der Waals surface area contributed by atoms with Gasteiger partial charge in [-0.1, -0.05) is 6.08 Å². The van der Waals surface area contributed by atoms with Gasteiger partial charge in [-0.3, -0.25) is 4.79 Å². The van der Waals surface area contributed by atoms with Crippen LogP contribution in [0.1, 0.15) is 12.8 Å². The van der Waals surface area contributed by atoms with Gasteiger partial charge in [-0.25, -0.2) is 4.39 Å². The van der Waals surface area contributed by atoms with Crippen LogP contribution in [0.25, 0.3) is 0 Å². The first-order chi connectivity index (χ1) is 5.24. The Morgan fingerprint density at radius 3 is 3.00 bits per heavy atom. The molecule has 0 aromatic heterocycles. The van der Waals surface area contributed by atoms with Crippen molar-refractivity contribution in [2.24, 2.45) is 0 Å². The zero-order chi connectivity index (χ0) is 8.27. The highest BCUT2D eigenvalue weighted by molar-refractivity contribution is 5.77. The fraction of sp³-hybridized carbons (Fsp3) is 0.625. The molecule has 1 unspecified atom stereocenters. The molecule has 3 heteroatoms. The fourth-order valence-electron chi connectivity index (χ4n) is 1.20. The second-order valence-corrected chi connectivity index (χ2v) is 2.72. The van der Waals surface area contributed by atoms with Crippen molar-refractivity contribution in [2.45, 2.75) is 19.0 Å². The molecule has 0 radical (unpaired) electrons. The summed E-state index contributed by atoms with van der Waals surface area (Å²) in [6.45, 7) is 4.28. The minimum Gasteiger partial charge on any atom is -0.339 e. The maximum atomic E-state index is 12.6. The van der Waals surface area contributed by atoms with Crippen LogP contribution in [0.15, 0.2) is 12.7 Å². The number of nitrogens with zero attached hydrogens (tertiary/aromatic N) is 1. The van der Waals surface area contributed by atoms with Gasteiger partial charge >= 0.3 is 0 Å². The lowest BCUT2D eigenvalue weighted by Crippen LogP contribution is -2.28. The summed E-state index contributed by atoms with van der Waals surface area (Å²) in [4.78, 5) is 12.6. The third-order valence-electron chi connectivity index (χ3n) is 1.80. The second kappa shape index (κ2) is 3.51. The van der Waals surface area contributed by atoms with E-state index in [9.17, 15) is 9.18 Å². The molecule has 1 atom stereocenters. The quantitative estimate of drug-likeness (QED) is 0.550. The third-order valence-corrected chi connectivity index (χ3v) is 1.80. The van der Waals surface area contributed by atoms with Gasteiger partial charge in [0.25, 0.3) is 0 Å². The Kier molecular flexibility index (Phi) is 2.63. The first-order valence-electron chi connectivity index (χ1n) is 3.76. The highest BCUT2D eigenvalue weighted by atomic mass is 19.1. The lowest BCUT2D eigenvalue weighted by molar-refractivity contribution is -0.129. The molecule has 0 N–H and O–H groups in total. The van der Waals surface area contributed by atoms with Crippen LogP contribution in [0, 0.1) is 0 Å². The van der Waals surface area contributed by atoms with Gasteiger partial charge in [0.1, 0.15) is 6.17 Å². The molecule has 1 amide bonds. The number of carbonyl (C=O) groups excluding carboxylic acids is 1. The zero-order valence-corrected chi connectivity index (χ0v) is 6.42. The summed E-state index contributed by atoms with van der Waals surface area (Å²) in [7, 11) is 0. The van der Waals surface area contributed by atoms with E-state index in [4.69, 9.17) is 0 Å². The number of hydrogen-bond donors (Lipinski definition) is 0. The monoisotopic (exact) mass is 157 g/mol. The van der Waals surface area contributed by atoms with Gasteiger partial charge in [-0.2, -0.15) is 0 Å². The molecule has 0 spiro atoms. The molecule has 1 saturated heterocycles. The van der Waals surface area contributed by atoms with E-state index in [0.29, 0.717) is 19.4 Å². The van der Waals surface area contributed by atoms with E-state index in [0.717, 1.165) is 0 Å². The molecule has 1 aliphatic rings. The van der Waals surface area contributed by atoms with Crippen molar-refractivity contribution in [2.75, 3.05) is 13.1 Å². The summed E-state index contributed by atoms with van der Waals surface area (Å²) in [6, 6.07) is 0. The van der Waals surface area contributed by atoms with Crippen LogP contribution in [-0.2, 0) is 4.79 Å². The van der Waals surface area contributed by atoms with Crippen molar-refractivity contribution in [3.63, 3.8) is 0 Å². The molecule has 11 heavy (non-hydrogen) atoms. The average Bonchev–Trinajstić information content (AvgIpc) is 2.36. The molecule has 1 aliphatic heterocycles. The smallest absolute Gasteiger partial charge is 0.226 e. The van der Waals surface area contributed by atoms with E-state index >= 15 is 0 Å². The van der Waals surface area contributed by atoms with E-state index in [1.54, 1.807) is 11.0 Å². The maximum Gasteiger partial charge on any atom is 0.226 e. The van der Waals surface area contributed by atoms with E-state index in [1.165, 1.54) is 0 Å². The number of hydrogen-bond acceptors (Lipinski definition) is 1. The Balaban J connectivity index is 2.36. The van der Waals surface area contributed by atoms with Crippen LogP contribution < -0.4 is 0 Å². The number of halogens is 1. The number of alkyl halides is 1. The first-order valence-corrected chi connectivity index (χ1v) is 3.76. The van der Waals surface area contributed by atoms with Gasteiger partial charge in [-0.15, -0.1) is 6.58 Å². The maximum absolute atomic E-state index is 12.6. The minimum absolute atomic E-state index is 0.0137. The van der Waals surface area contributed by atoms with Gasteiger partial charge in [-0.05, 0) is 6.42 Å². The topological polar surface area (TPSA) is 20.3 Å². The van der Waals surface area contributed by atoms with Crippen LogP contribution >= 0.6 is 0 Å². The van der Waals surface area contributed by atoms with E-state index in [2.05, 4.69) is 6.58 Å². The van der Waals surface area contributed by atoms with Crippen LogP contribution in [0.5, 0.6) is 0 Å². The summed E-state index contributed by atoms with van der Waals surface area (Å²) in [5.74, 6) is -0.0137. The Bertz CT molecular complexity index is 169. The molecule has 2 nitrogen and oxygen atoms in total. The van der Waals surface area contributed by atoms with Crippen molar-refractivity contribution in [3.8, 4) is 0 Å². The number of rotatable bonds is 2. The van der Waals surface area contributed by atoms with Gasteiger partial charge < -0.3 is 4.90 Å². The fourth-order valence-corrected chi connectivity index (χ4v) is 1.20. The largest absolute Gasteiger partial charge is 0.339 e. The van der Waals surface area contributed by atoms with Crippen LogP contribution in [0.4, 0.5) is 4.39 Å². The highest BCUT2D eigenvalue weighted by Gasteiger charge is 2.24. The number of likely N-dealkylation sites (tertiary alicyclic amines) is 1. The standard InChI is InChI=1S/C8H12FNO/c1-2-3-8(11)10-5-4-7(9)6-10/h2,7H,1,3-6H2. The Morgan fingerprint density at radius 2 is 2.55 bits per heavy atom.